The van der Waals surface area contributed by atoms with Crippen molar-refractivity contribution in [3.05, 3.63) is 33.7 Å². The standard InChI is InChI=1S/C16H21N3O2S2/c1-11-4-2-3-5-13(11)18-14(20)10-22-9-12-8-15(21)19-6-7-23-16(19)17-12/h6-8,11,13H,2-5,9-10H2,1H3,(H,18,20). The Morgan fingerprint density at radius 3 is 3.13 bits per heavy atom. The van der Waals surface area contributed by atoms with Crippen molar-refractivity contribution in [1.82, 2.24) is 14.7 Å². The second kappa shape index (κ2) is 7.49. The molecule has 124 valence electrons. The summed E-state index contributed by atoms with van der Waals surface area (Å²) < 4.78 is 1.54. The summed E-state index contributed by atoms with van der Waals surface area (Å²) in [6.45, 7) is 2.21. The molecule has 2 aromatic rings. The molecule has 0 bridgehead atoms. The summed E-state index contributed by atoms with van der Waals surface area (Å²) in [7, 11) is 0. The van der Waals surface area contributed by atoms with Crippen LogP contribution in [0.4, 0.5) is 0 Å². The van der Waals surface area contributed by atoms with Gasteiger partial charge in [-0.15, -0.1) is 23.1 Å². The molecule has 5 nitrogen and oxygen atoms in total. The number of thioether (sulfide) groups is 1. The first-order chi connectivity index (χ1) is 11.1. The van der Waals surface area contributed by atoms with Gasteiger partial charge in [0.05, 0.1) is 11.4 Å². The molecule has 3 rings (SSSR count). The fourth-order valence-corrected chi connectivity index (χ4v) is 4.46. The van der Waals surface area contributed by atoms with Crippen molar-refractivity contribution >= 4 is 34.0 Å². The minimum Gasteiger partial charge on any atom is -0.352 e. The molecule has 1 saturated carbocycles. The minimum atomic E-state index is -0.0627. The monoisotopic (exact) mass is 351 g/mol. The largest absolute Gasteiger partial charge is 0.352 e. The number of carbonyl (C=O) groups is 1. The lowest BCUT2D eigenvalue weighted by Gasteiger charge is -2.29. The molecule has 1 N–H and O–H groups in total. The van der Waals surface area contributed by atoms with Gasteiger partial charge in [-0.1, -0.05) is 19.8 Å². The third kappa shape index (κ3) is 4.14. The number of nitrogens with zero attached hydrogens (tertiary/aromatic N) is 2. The number of fused-ring (bicyclic) bond motifs is 1. The molecule has 1 aliphatic rings. The lowest BCUT2D eigenvalue weighted by Crippen LogP contribution is -2.41. The Hall–Kier alpha value is -1.34. The normalized spacial score (nSPS) is 21.4. The number of thiazole rings is 1. The molecule has 2 unspecified atom stereocenters. The highest BCUT2D eigenvalue weighted by Crippen LogP contribution is 2.23. The highest BCUT2D eigenvalue weighted by molar-refractivity contribution is 7.99. The molecule has 1 fully saturated rings. The topological polar surface area (TPSA) is 63.5 Å². The van der Waals surface area contributed by atoms with E-state index in [1.807, 2.05) is 5.38 Å². The highest BCUT2D eigenvalue weighted by atomic mass is 32.2. The maximum absolute atomic E-state index is 12.1. The van der Waals surface area contributed by atoms with Crippen LogP contribution in [-0.4, -0.2) is 27.1 Å². The van der Waals surface area contributed by atoms with E-state index in [9.17, 15) is 9.59 Å². The zero-order valence-electron chi connectivity index (χ0n) is 13.2. The summed E-state index contributed by atoms with van der Waals surface area (Å²) in [4.78, 5) is 29.1. The van der Waals surface area contributed by atoms with E-state index in [0.29, 0.717) is 28.4 Å². The Balaban J connectivity index is 1.50. The van der Waals surface area contributed by atoms with Crippen molar-refractivity contribution in [2.45, 2.75) is 44.4 Å². The SMILES string of the molecule is CC1CCCCC1NC(=O)CSCc1cc(=O)n2ccsc2n1. The predicted molar refractivity (Wildman–Crippen MR) is 95.1 cm³/mol. The average molecular weight is 351 g/mol. The first kappa shape index (κ1) is 16.5. The lowest BCUT2D eigenvalue weighted by atomic mass is 9.86. The molecule has 1 aliphatic carbocycles. The van der Waals surface area contributed by atoms with Crippen molar-refractivity contribution in [3.63, 3.8) is 0 Å². The van der Waals surface area contributed by atoms with E-state index in [2.05, 4.69) is 17.2 Å². The Labute approximate surface area is 143 Å². The summed E-state index contributed by atoms with van der Waals surface area (Å²) in [5.41, 5.74) is 0.675. The Kier molecular flexibility index (Phi) is 5.38. The number of nitrogens with one attached hydrogen (secondary N) is 1. The number of hydrogen-bond donors (Lipinski definition) is 1. The number of rotatable bonds is 5. The van der Waals surface area contributed by atoms with E-state index in [1.165, 1.54) is 46.8 Å². The molecule has 0 saturated heterocycles. The molecule has 2 aromatic heterocycles. The van der Waals surface area contributed by atoms with Gasteiger partial charge < -0.3 is 5.32 Å². The van der Waals surface area contributed by atoms with E-state index in [0.717, 1.165) is 12.1 Å². The summed E-state index contributed by atoms with van der Waals surface area (Å²) in [5.74, 6) is 1.65. The van der Waals surface area contributed by atoms with Crippen LogP contribution in [0.2, 0.25) is 0 Å². The zero-order chi connectivity index (χ0) is 16.2. The summed E-state index contributed by atoms with van der Waals surface area (Å²) in [6.07, 6.45) is 6.49. The summed E-state index contributed by atoms with van der Waals surface area (Å²) in [5, 5.41) is 4.99. The van der Waals surface area contributed by atoms with Crippen LogP contribution in [0, 0.1) is 5.92 Å². The van der Waals surface area contributed by atoms with Crippen LogP contribution < -0.4 is 10.9 Å². The van der Waals surface area contributed by atoms with Gasteiger partial charge in [-0.25, -0.2) is 4.98 Å². The highest BCUT2D eigenvalue weighted by Gasteiger charge is 2.22. The fraction of sp³-hybridized carbons (Fsp3) is 0.562. The van der Waals surface area contributed by atoms with E-state index in [-0.39, 0.29) is 11.5 Å². The quantitative estimate of drug-likeness (QED) is 0.899. The molecular weight excluding hydrogens is 330 g/mol. The Bertz CT molecular complexity index is 740. The van der Waals surface area contributed by atoms with Gasteiger partial charge in [-0.2, -0.15) is 0 Å². The summed E-state index contributed by atoms with van der Waals surface area (Å²) in [6, 6.07) is 1.87. The van der Waals surface area contributed by atoms with Crippen molar-refractivity contribution in [2.75, 3.05) is 5.75 Å². The van der Waals surface area contributed by atoms with Gasteiger partial charge in [-0.05, 0) is 18.8 Å². The molecule has 2 atom stereocenters. The van der Waals surface area contributed by atoms with Crippen LogP contribution in [0.5, 0.6) is 0 Å². The van der Waals surface area contributed by atoms with Gasteiger partial charge in [0.1, 0.15) is 0 Å². The lowest BCUT2D eigenvalue weighted by molar-refractivity contribution is -0.119. The number of aromatic nitrogens is 2. The van der Waals surface area contributed by atoms with Gasteiger partial charge in [0.25, 0.3) is 5.56 Å². The van der Waals surface area contributed by atoms with E-state index in [4.69, 9.17) is 0 Å². The summed E-state index contributed by atoms with van der Waals surface area (Å²) >= 11 is 2.95. The van der Waals surface area contributed by atoms with Gasteiger partial charge in [0, 0.05) is 29.4 Å². The van der Waals surface area contributed by atoms with Crippen LogP contribution in [-0.2, 0) is 10.5 Å². The zero-order valence-corrected chi connectivity index (χ0v) is 14.8. The molecule has 0 aromatic carbocycles. The van der Waals surface area contributed by atoms with Crippen LogP contribution in [0.25, 0.3) is 4.96 Å². The number of amides is 1. The van der Waals surface area contributed by atoms with Gasteiger partial charge in [-0.3, -0.25) is 14.0 Å². The van der Waals surface area contributed by atoms with Gasteiger partial charge in [0.2, 0.25) is 5.91 Å². The van der Waals surface area contributed by atoms with Crippen LogP contribution in [0.1, 0.15) is 38.3 Å². The predicted octanol–water partition coefficient (Wildman–Crippen LogP) is 2.68. The third-order valence-corrected chi connectivity index (χ3v) is 6.02. The minimum absolute atomic E-state index is 0.0627. The second-order valence-electron chi connectivity index (χ2n) is 6.07. The maximum atomic E-state index is 12.1. The van der Waals surface area contributed by atoms with Crippen LogP contribution in [0.3, 0.4) is 0 Å². The first-order valence-corrected chi connectivity index (χ1v) is 10.00. The van der Waals surface area contributed by atoms with Crippen molar-refractivity contribution in [1.29, 1.82) is 0 Å². The maximum Gasteiger partial charge on any atom is 0.258 e. The smallest absolute Gasteiger partial charge is 0.258 e. The van der Waals surface area contributed by atoms with Crippen LogP contribution >= 0.6 is 23.1 Å². The molecule has 0 spiro atoms. The molecule has 1 amide bonds. The molecule has 0 aliphatic heterocycles. The van der Waals surface area contributed by atoms with Crippen molar-refractivity contribution in [3.8, 4) is 0 Å². The molecule has 23 heavy (non-hydrogen) atoms. The van der Waals surface area contributed by atoms with Gasteiger partial charge >= 0.3 is 0 Å². The molecule has 7 heteroatoms. The molecule has 2 heterocycles. The average Bonchev–Trinajstić information content (AvgIpc) is 2.99. The fourth-order valence-electron chi connectivity index (χ4n) is 2.99. The Morgan fingerprint density at radius 1 is 1.48 bits per heavy atom. The van der Waals surface area contributed by atoms with Gasteiger partial charge in [0.15, 0.2) is 4.96 Å². The Morgan fingerprint density at radius 2 is 2.30 bits per heavy atom. The molecule has 0 radical (unpaired) electrons. The van der Waals surface area contributed by atoms with E-state index < -0.39 is 0 Å². The van der Waals surface area contributed by atoms with Crippen LogP contribution in [0.15, 0.2) is 22.4 Å². The third-order valence-electron chi connectivity index (χ3n) is 4.30. The van der Waals surface area contributed by atoms with E-state index in [1.54, 1.807) is 12.3 Å². The second-order valence-corrected chi connectivity index (χ2v) is 7.93. The van der Waals surface area contributed by atoms with Crippen molar-refractivity contribution in [2.24, 2.45) is 5.92 Å². The number of carbonyl (C=O) groups excluding carboxylic acids is 1. The number of hydrogen-bond acceptors (Lipinski definition) is 5. The molecular formula is C16H21N3O2S2. The van der Waals surface area contributed by atoms with E-state index >= 15 is 0 Å². The van der Waals surface area contributed by atoms with Crippen molar-refractivity contribution < 1.29 is 4.79 Å². The first-order valence-electron chi connectivity index (χ1n) is 7.96.